The normalized spacial score (nSPS) is 5.83. The monoisotopic (exact) mass is 117 g/mol. The van der Waals surface area contributed by atoms with Gasteiger partial charge in [0.15, 0.2) is 0 Å². The zero-order valence-corrected chi connectivity index (χ0v) is 5.92. The van der Waals surface area contributed by atoms with Crippen molar-refractivity contribution in [1.29, 1.82) is 0 Å². The molecule has 0 atom stereocenters. The Morgan fingerprint density at radius 1 is 1.33 bits per heavy atom. The molecule has 0 saturated carbocycles. The third kappa shape index (κ3) is 59.0. The van der Waals surface area contributed by atoms with Crippen LogP contribution in [0.15, 0.2) is 0 Å². The maximum atomic E-state index is 8.74. The summed E-state index contributed by atoms with van der Waals surface area (Å²) in [7, 11) is -3.13. The SMILES string of the molecule is O=[PH](O)O.[AlH].[Li]. The molecule has 0 unspecified atom stereocenters. The summed E-state index contributed by atoms with van der Waals surface area (Å²) in [6, 6.07) is 0. The summed E-state index contributed by atoms with van der Waals surface area (Å²) in [5.41, 5.74) is 0. The number of hydrogen-bond donors (Lipinski definition) is 2. The summed E-state index contributed by atoms with van der Waals surface area (Å²) in [4.78, 5) is 14.3. The third-order valence-electron chi connectivity index (χ3n) is 0. The van der Waals surface area contributed by atoms with Crippen LogP contribution < -0.4 is 0 Å². The molecule has 0 aliphatic carbocycles. The van der Waals surface area contributed by atoms with Crippen LogP contribution in [0.5, 0.6) is 0 Å². The molecule has 0 bridgehead atoms. The molecular weight excluding hydrogens is 113 g/mol. The van der Waals surface area contributed by atoms with Crippen molar-refractivity contribution in [3.8, 4) is 0 Å². The van der Waals surface area contributed by atoms with Gasteiger partial charge in [0.2, 0.25) is 0 Å². The standard InChI is InChI=1S/Al.Li.H3O3P.H/c;;1-4(2)3;/h;;4H,(H2,1,2,3);. The molecule has 0 spiro atoms. The van der Waals surface area contributed by atoms with E-state index in [1.165, 1.54) is 0 Å². The molecule has 0 aromatic heterocycles. The van der Waals surface area contributed by atoms with E-state index in [4.69, 9.17) is 14.4 Å². The second-order valence-corrected chi connectivity index (χ2v) is 0.848. The van der Waals surface area contributed by atoms with Crippen LogP contribution in [0.25, 0.3) is 0 Å². The van der Waals surface area contributed by atoms with Crippen LogP contribution >= 0.6 is 8.25 Å². The van der Waals surface area contributed by atoms with Gasteiger partial charge in [0.05, 0.1) is 17.4 Å². The van der Waals surface area contributed by atoms with Gasteiger partial charge in [-0.2, -0.15) is 0 Å². The minimum Gasteiger partial charge on any atom is -0.326 e. The van der Waals surface area contributed by atoms with Gasteiger partial charge in [-0.05, 0) is 0 Å². The molecule has 0 rings (SSSR count). The van der Waals surface area contributed by atoms with Crippen LogP contribution in [0.3, 0.4) is 0 Å². The molecule has 0 aromatic carbocycles. The van der Waals surface area contributed by atoms with E-state index in [-0.39, 0.29) is 36.2 Å². The van der Waals surface area contributed by atoms with Crippen molar-refractivity contribution >= 4 is 44.5 Å². The number of hydrogen-bond acceptors (Lipinski definition) is 1. The van der Waals surface area contributed by atoms with Crippen molar-refractivity contribution < 1.29 is 14.4 Å². The van der Waals surface area contributed by atoms with Crippen LogP contribution in [0.1, 0.15) is 0 Å². The molecule has 0 aromatic rings. The fraction of sp³-hybridized carbons (Fsp3) is 0. The maximum Gasteiger partial charge on any atom is 0.314 e. The Balaban J connectivity index is -0.0000000450. The predicted molar refractivity (Wildman–Crippen MR) is 26.3 cm³/mol. The zero-order chi connectivity index (χ0) is 3.58. The Labute approximate surface area is 59.0 Å². The van der Waals surface area contributed by atoms with Gasteiger partial charge < -0.3 is 9.79 Å². The van der Waals surface area contributed by atoms with Gasteiger partial charge in [0.25, 0.3) is 0 Å². The fourth-order valence-electron chi connectivity index (χ4n) is 0. The van der Waals surface area contributed by atoms with E-state index < -0.39 is 8.25 Å². The van der Waals surface area contributed by atoms with E-state index in [1.807, 2.05) is 0 Å². The summed E-state index contributed by atoms with van der Waals surface area (Å²) in [6.07, 6.45) is 0. The summed E-state index contributed by atoms with van der Waals surface area (Å²) >= 11 is 0. The zero-order valence-electron chi connectivity index (χ0n) is 3.51. The maximum absolute atomic E-state index is 8.74. The van der Waals surface area contributed by atoms with E-state index in [0.29, 0.717) is 0 Å². The topological polar surface area (TPSA) is 57.5 Å². The molecule has 0 saturated heterocycles. The average molecular weight is 117 g/mol. The van der Waals surface area contributed by atoms with Gasteiger partial charge in [-0.3, -0.25) is 4.57 Å². The van der Waals surface area contributed by atoms with E-state index in [1.54, 1.807) is 0 Å². The largest absolute Gasteiger partial charge is 0.326 e. The Kier molecular flexibility index (Phi) is 25.0. The first-order valence-corrected chi connectivity index (χ1v) is 1.95. The molecule has 0 amide bonds. The van der Waals surface area contributed by atoms with Crippen LogP contribution in [0, 0.1) is 0 Å². The minimum absolute atomic E-state index is 0. The molecule has 0 aliphatic rings. The van der Waals surface area contributed by atoms with Crippen molar-refractivity contribution in [3.63, 3.8) is 0 Å². The van der Waals surface area contributed by atoms with E-state index in [0.717, 1.165) is 0 Å². The van der Waals surface area contributed by atoms with Gasteiger partial charge in [-0.15, -0.1) is 0 Å². The average Bonchev–Trinajstić information content (AvgIpc) is 0.811. The molecule has 6 heteroatoms. The van der Waals surface area contributed by atoms with Gasteiger partial charge >= 0.3 is 8.25 Å². The van der Waals surface area contributed by atoms with Crippen molar-refractivity contribution in [2.24, 2.45) is 0 Å². The van der Waals surface area contributed by atoms with Crippen molar-refractivity contribution in [2.75, 3.05) is 0 Å². The van der Waals surface area contributed by atoms with Crippen LogP contribution in [-0.2, 0) is 4.57 Å². The summed E-state index contributed by atoms with van der Waals surface area (Å²) < 4.78 is 8.74. The predicted octanol–water partition coefficient (Wildman–Crippen LogP) is -1.67. The Hall–Kier alpha value is 1.28. The van der Waals surface area contributed by atoms with Gasteiger partial charge in [-0.25, -0.2) is 0 Å². The van der Waals surface area contributed by atoms with Crippen LogP contribution in [0.2, 0.25) is 0 Å². The summed E-state index contributed by atoms with van der Waals surface area (Å²) in [5, 5.41) is 0. The molecule has 0 fully saturated rings. The van der Waals surface area contributed by atoms with Crippen LogP contribution in [-0.4, -0.2) is 46.0 Å². The number of rotatable bonds is 0. The minimum atomic E-state index is -3.13. The first-order chi connectivity index (χ1) is 1.73. The molecule has 3 nitrogen and oxygen atoms in total. The first-order valence-electron chi connectivity index (χ1n) is 0.651. The molecule has 0 aliphatic heterocycles. The molecule has 2 N–H and O–H groups in total. The smallest absolute Gasteiger partial charge is 0.314 e. The molecule has 6 heavy (non-hydrogen) atoms. The third-order valence-corrected chi connectivity index (χ3v) is 0. The molecule has 3 radical (unpaired) electrons. The Morgan fingerprint density at radius 3 is 1.33 bits per heavy atom. The second kappa shape index (κ2) is 9.56. The fourth-order valence-corrected chi connectivity index (χ4v) is 0. The Morgan fingerprint density at radius 2 is 1.33 bits per heavy atom. The van der Waals surface area contributed by atoms with Gasteiger partial charge in [-0.1, -0.05) is 0 Å². The first kappa shape index (κ1) is 15.7. The summed E-state index contributed by atoms with van der Waals surface area (Å²) in [6.45, 7) is 0. The van der Waals surface area contributed by atoms with Crippen molar-refractivity contribution in [1.82, 2.24) is 0 Å². The molecular formula is H4AlLiO3P. The van der Waals surface area contributed by atoms with Gasteiger partial charge in [0.1, 0.15) is 0 Å². The molecule has 0 heterocycles. The second-order valence-electron chi connectivity index (χ2n) is 0.283. The molecule has 31 valence electrons. The Bertz CT molecular complexity index is 33.8. The summed E-state index contributed by atoms with van der Waals surface area (Å²) in [5.74, 6) is 0. The van der Waals surface area contributed by atoms with Crippen molar-refractivity contribution in [2.45, 2.75) is 0 Å². The van der Waals surface area contributed by atoms with Crippen molar-refractivity contribution in [3.05, 3.63) is 0 Å². The van der Waals surface area contributed by atoms with E-state index >= 15 is 0 Å². The van der Waals surface area contributed by atoms with Gasteiger partial charge in [0, 0.05) is 18.9 Å². The van der Waals surface area contributed by atoms with E-state index in [9.17, 15) is 0 Å². The van der Waals surface area contributed by atoms with Crippen LogP contribution in [0.4, 0.5) is 0 Å². The van der Waals surface area contributed by atoms with E-state index in [2.05, 4.69) is 0 Å². The quantitative estimate of drug-likeness (QED) is 0.294.